The smallest absolute Gasteiger partial charge is 0.283 e. The molecule has 0 unspecified atom stereocenters. The van der Waals surface area contributed by atoms with Crippen molar-refractivity contribution < 1.29 is 4.74 Å². The largest absolute Gasteiger partial charge is 0.378 e. The number of methoxy groups -OCH3 is 1. The molecule has 0 spiro atoms. The first kappa shape index (κ1) is 17.9. The average Bonchev–Trinajstić information content (AvgIpc) is 3.14. The first-order valence-electron chi connectivity index (χ1n) is 9.97. The van der Waals surface area contributed by atoms with Gasteiger partial charge in [-0.3, -0.25) is 9.36 Å². The van der Waals surface area contributed by atoms with E-state index < -0.39 is 0 Å². The van der Waals surface area contributed by atoms with Gasteiger partial charge in [0.25, 0.3) is 5.56 Å². The van der Waals surface area contributed by atoms with E-state index >= 15 is 0 Å². The maximum atomic E-state index is 13.1. The second kappa shape index (κ2) is 7.36. The van der Waals surface area contributed by atoms with Crippen LogP contribution in [-0.2, 0) is 11.3 Å². The number of ether oxygens (including phenoxy) is 1. The molecule has 4 aromatic rings. The summed E-state index contributed by atoms with van der Waals surface area (Å²) in [7, 11) is 1.63. The van der Waals surface area contributed by atoms with Crippen LogP contribution in [0.5, 0.6) is 0 Å². The van der Waals surface area contributed by atoms with E-state index in [2.05, 4.69) is 20.3 Å². The molecule has 0 atom stereocenters. The molecule has 8 heteroatoms. The fourth-order valence-corrected chi connectivity index (χ4v) is 4.24. The number of benzene rings is 1. The minimum Gasteiger partial charge on any atom is -0.378 e. The van der Waals surface area contributed by atoms with Crippen LogP contribution in [0.15, 0.2) is 41.5 Å². The summed E-state index contributed by atoms with van der Waals surface area (Å²) < 4.78 is 8.68. The van der Waals surface area contributed by atoms with E-state index in [1.165, 1.54) is 6.42 Å². The third-order valence-electron chi connectivity index (χ3n) is 5.64. The monoisotopic (exact) mass is 390 g/mol. The molecule has 29 heavy (non-hydrogen) atoms. The zero-order valence-electron chi connectivity index (χ0n) is 16.3. The van der Waals surface area contributed by atoms with Gasteiger partial charge in [-0.2, -0.15) is 9.61 Å². The Bertz CT molecular complexity index is 1220. The Kier molecular flexibility index (Phi) is 4.55. The van der Waals surface area contributed by atoms with Crippen molar-refractivity contribution in [2.24, 2.45) is 0 Å². The number of aromatic nitrogens is 6. The van der Waals surface area contributed by atoms with Gasteiger partial charge in [0.15, 0.2) is 16.8 Å². The fraction of sp³-hybridized carbons (Fsp3) is 0.381. The number of nitrogens with zero attached hydrogens (tertiary/aromatic N) is 6. The fourth-order valence-electron chi connectivity index (χ4n) is 4.24. The van der Waals surface area contributed by atoms with Gasteiger partial charge in [0.2, 0.25) is 0 Å². The van der Waals surface area contributed by atoms with Crippen LogP contribution in [-0.4, -0.2) is 36.5 Å². The van der Waals surface area contributed by atoms with Gasteiger partial charge < -0.3 is 4.74 Å². The van der Waals surface area contributed by atoms with Gasteiger partial charge in [-0.05, 0) is 18.4 Å². The van der Waals surface area contributed by atoms with Crippen molar-refractivity contribution >= 4 is 16.8 Å². The van der Waals surface area contributed by atoms with Crippen LogP contribution in [0.1, 0.15) is 43.8 Å². The lowest BCUT2D eigenvalue weighted by Gasteiger charge is -2.23. The first-order valence-corrected chi connectivity index (χ1v) is 9.97. The standard InChI is InChI=1S/C21H22N6O2/c1-29-12-16-17(14-8-4-2-5-9-14)19-24-23-18-20(27(19)25-16)22-13-26(21(18)28)15-10-6-3-7-11-15/h2,4-5,8-9,13,15H,3,6-7,10-12H2,1H3. The number of fused-ring (bicyclic) bond motifs is 3. The predicted octanol–water partition coefficient (Wildman–Crippen LogP) is 3.15. The lowest BCUT2D eigenvalue weighted by molar-refractivity contribution is 0.181. The molecule has 0 N–H and O–H groups in total. The summed E-state index contributed by atoms with van der Waals surface area (Å²) >= 11 is 0. The summed E-state index contributed by atoms with van der Waals surface area (Å²) in [4.78, 5) is 17.7. The lowest BCUT2D eigenvalue weighted by atomic mass is 9.95. The Morgan fingerprint density at radius 3 is 2.62 bits per heavy atom. The highest BCUT2D eigenvalue weighted by Crippen LogP contribution is 2.29. The molecule has 0 amide bonds. The highest BCUT2D eigenvalue weighted by atomic mass is 16.5. The van der Waals surface area contributed by atoms with E-state index in [0.717, 1.165) is 42.5 Å². The van der Waals surface area contributed by atoms with Gasteiger partial charge in [-0.25, -0.2) is 4.98 Å². The molecule has 8 nitrogen and oxygen atoms in total. The third-order valence-corrected chi connectivity index (χ3v) is 5.64. The number of hydrogen-bond donors (Lipinski definition) is 0. The Balaban J connectivity index is 1.73. The van der Waals surface area contributed by atoms with Crippen LogP contribution in [0.25, 0.3) is 27.9 Å². The van der Waals surface area contributed by atoms with E-state index in [4.69, 9.17) is 4.74 Å². The van der Waals surface area contributed by atoms with Crippen molar-refractivity contribution in [3.8, 4) is 11.1 Å². The van der Waals surface area contributed by atoms with Crippen LogP contribution >= 0.6 is 0 Å². The Labute approximate surface area is 167 Å². The molecule has 3 heterocycles. The van der Waals surface area contributed by atoms with Gasteiger partial charge in [0, 0.05) is 13.2 Å². The molecule has 1 aliphatic rings. The maximum absolute atomic E-state index is 13.1. The minimum atomic E-state index is -0.152. The summed E-state index contributed by atoms with van der Waals surface area (Å²) in [6, 6.07) is 10.1. The highest BCUT2D eigenvalue weighted by Gasteiger charge is 2.22. The van der Waals surface area contributed by atoms with E-state index in [1.807, 2.05) is 30.3 Å². The van der Waals surface area contributed by atoms with E-state index in [9.17, 15) is 4.79 Å². The van der Waals surface area contributed by atoms with Gasteiger partial charge in [0.1, 0.15) is 6.33 Å². The van der Waals surface area contributed by atoms with Gasteiger partial charge in [0.05, 0.1) is 17.9 Å². The lowest BCUT2D eigenvalue weighted by Crippen LogP contribution is -2.28. The summed E-state index contributed by atoms with van der Waals surface area (Å²) in [5, 5.41) is 13.3. The summed E-state index contributed by atoms with van der Waals surface area (Å²) in [5.41, 5.74) is 3.64. The predicted molar refractivity (Wildman–Crippen MR) is 109 cm³/mol. The van der Waals surface area contributed by atoms with Crippen LogP contribution in [0.3, 0.4) is 0 Å². The van der Waals surface area contributed by atoms with Crippen LogP contribution in [0.2, 0.25) is 0 Å². The molecule has 0 saturated heterocycles. The van der Waals surface area contributed by atoms with Crippen LogP contribution < -0.4 is 5.56 Å². The van der Waals surface area contributed by atoms with Crippen molar-refractivity contribution in [3.05, 3.63) is 52.7 Å². The van der Waals surface area contributed by atoms with Gasteiger partial charge in [-0.15, -0.1) is 10.2 Å². The highest BCUT2D eigenvalue weighted by molar-refractivity contribution is 5.83. The third kappa shape index (κ3) is 3.00. The van der Waals surface area contributed by atoms with Gasteiger partial charge in [-0.1, -0.05) is 49.6 Å². The topological polar surface area (TPSA) is 87.2 Å². The molecule has 1 aliphatic carbocycles. The van der Waals surface area contributed by atoms with Gasteiger partial charge >= 0.3 is 0 Å². The molecular formula is C21H22N6O2. The van der Waals surface area contributed by atoms with Crippen molar-refractivity contribution in [3.63, 3.8) is 0 Å². The Morgan fingerprint density at radius 2 is 1.86 bits per heavy atom. The van der Waals surface area contributed by atoms with E-state index in [-0.39, 0.29) is 17.1 Å². The number of rotatable bonds is 4. The quantitative estimate of drug-likeness (QED) is 0.532. The van der Waals surface area contributed by atoms with Crippen LogP contribution in [0.4, 0.5) is 0 Å². The molecule has 3 aromatic heterocycles. The molecule has 0 bridgehead atoms. The molecular weight excluding hydrogens is 368 g/mol. The second-order valence-corrected chi connectivity index (χ2v) is 7.48. The Hall–Kier alpha value is -3.13. The molecule has 1 aromatic carbocycles. The normalized spacial score (nSPS) is 15.3. The first-order chi connectivity index (χ1) is 14.3. The van der Waals surface area contributed by atoms with Crippen molar-refractivity contribution in [2.45, 2.75) is 44.8 Å². The molecule has 1 saturated carbocycles. The molecule has 1 fully saturated rings. The van der Waals surface area contributed by atoms with E-state index in [1.54, 1.807) is 22.5 Å². The van der Waals surface area contributed by atoms with Crippen molar-refractivity contribution in [1.29, 1.82) is 0 Å². The maximum Gasteiger partial charge on any atom is 0.283 e. The minimum absolute atomic E-state index is 0.152. The van der Waals surface area contributed by atoms with Crippen molar-refractivity contribution in [1.82, 2.24) is 29.4 Å². The SMILES string of the molecule is COCc1nn2c(nnc3c(=O)n(C4CCCCC4)cnc32)c1-c1ccccc1. The number of hydrogen-bond acceptors (Lipinski definition) is 6. The zero-order valence-corrected chi connectivity index (χ0v) is 16.3. The second-order valence-electron chi connectivity index (χ2n) is 7.48. The molecule has 0 radical (unpaired) electrons. The summed E-state index contributed by atoms with van der Waals surface area (Å²) in [6.07, 6.45) is 7.15. The van der Waals surface area contributed by atoms with Crippen LogP contribution in [0, 0.1) is 0 Å². The zero-order chi connectivity index (χ0) is 19.8. The average molecular weight is 390 g/mol. The molecule has 0 aliphatic heterocycles. The summed E-state index contributed by atoms with van der Waals surface area (Å²) in [6.45, 7) is 0.328. The molecule has 148 valence electrons. The van der Waals surface area contributed by atoms with Crippen molar-refractivity contribution in [2.75, 3.05) is 7.11 Å². The Morgan fingerprint density at radius 1 is 1.07 bits per heavy atom. The summed E-state index contributed by atoms with van der Waals surface area (Å²) in [5.74, 6) is 0. The molecule has 5 rings (SSSR count). The van der Waals surface area contributed by atoms with E-state index in [0.29, 0.717) is 17.9 Å².